The van der Waals surface area contributed by atoms with Crippen molar-refractivity contribution in [2.75, 3.05) is 45.2 Å². The van der Waals surface area contributed by atoms with Crippen molar-refractivity contribution in [3.8, 4) is 0 Å². The predicted molar refractivity (Wildman–Crippen MR) is 81.8 cm³/mol. The third kappa shape index (κ3) is 3.98. The number of ether oxygens (including phenoxy) is 1. The molecule has 0 spiro atoms. The van der Waals surface area contributed by atoms with Crippen LogP contribution < -0.4 is 5.32 Å². The van der Waals surface area contributed by atoms with Crippen molar-refractivity contribution in [3.05, 3.63) is 11.8 Å². The number of morpholine rings is 1. The summed E-state index contributed by atoms with van der Waals surface area (Å²) in [4.78, 5) is 16.6. The highest BCUT2D eigenvalue weighted by Crippen LogP contribution is 2.30. The van der Waals surface area contributed by atoms with E-state index < -0.39 is 0 Å². The number of amides is 2. The van der Waals surface area contributed by atoms with Crippen LogP contribution in [0.25, 0.3) is 0 Å². The van der Waals surface area contributed by atoms with E-state index in [1.165, 1.54) is 19.1 Å². The Bertz CT molecular complexity index is 515. The molecule has 0 bridgehead atoms. The van der Waals surface area contributed by atoms with Crippen LogP contribution in [-0.4, -0.2) is 66.9 Å². The van der Waals surface area contributed by atoms with Gasteiger partial charge in [-0.05, 0) is 32.7 Å². The van der Waals surface area contributed by atoms with Gasteiger partial charge in [0.15, 0.2) is 5.82 Å². The molecular formula is C15H24N4O3. The molecule has 7 nitrogen and oxygen atoms in total. The second-order valence-electron chi connectivity index (χ2n) is 6.38. The number of hydrogen-bond acceptors (Lipinski definition) is 5. The summed E-state index contributed by atoms with van der Waals surface area (Å²) in [5.41, 5.74) is 0.827. The average molecular weight is 308 g/mol. The molecule has 1 saturated carbocycles. The molecule has 1 aromatic heterocycles. The van der Waals surface area contributed by atoms with Gasteiger partial charge < -0.3 is 19.1 Å². The van der Waals surface area contributed by atoms with Gasteiger partial charge in [-0.25, -0.2) is 4.79 Å². The number of hydrogen-bond donors (Lipinski definition) is 1. The molecule has 22 heavy (non-hydrogen) atoms. The van der Waals surface area contributed by atoms with Crippen LogP contribution in [0.1, 0.15) is 18.4 Å². The fourth-order valence-corrected chi connectivity index (χ4v) is 2.66. The van der Waals surface area contributed by atoms with Crippen molar-refractivity contribution in [2.24, 2.45) is 5.92 Å². The quantitative estimate of drug-likeness (QED) is 0.894. The molecule has 1 saturated heterocycles. The highest BCUT2D eigenvalue weighted by molar-refractivity contribution is 5.88. The van der Waals surface area contributed by atoms with Gasteiger partial charge in [0.25, 0.3) is 0 Å². The molecule has 122 valence electrons. The monoisotopic (exact) mass is 308 g/mol. The zero-order chi connectivity index (χ0) is 15.5. The lowest BCUT2D eigenvalue weighted by atomic mass is 10.2. The Morgan fingerprint density at radius 3 is 2.95 bits per heavy atom. The fraction of sp³-hybridized carbons (Fsp3) is 0.733. The Kier molecular flexibility index (Phi) is 4.63. The van der Waals surface area contributed by atoms with Gasteiger partial charge in [-0.15, -0.1) is 0 Å². The summed E-state index contributed by atoms with van der Waals surface area (Å²) in [6.45, 7) is 5.79. The Labute approximate surface area is 130 Å². The summed E-state index contributed by atoms with van der Waals surface area (Å²) in [5, 5.41) is 6.66. The molecule has 1 unspecified atom stereocenters. The molecule has 2 heterocycles. The first kappa shape index (κ1) is 15.3. The molecule has 2 fully saturated rings. The largest absolute Gasteiger partial charge is 0.374 e. The summed E-state index contributed by atoms with van der Waals surface area (Å²) in [7, 11) is 2.08. The summed E-state index contributed by atoms with van der Waals surface area (Å²) >= 11 is 0. The maximum atomic E-state index is 12.5. The van der Waals surface area contributed by atoms with Gasteiger partial charge >= 0.3 is 6.03 Å². The van der Waals surface area contributed by atoms with E-state index in [-0.39, 0.29) is 12.1 Å². The van der Waals surface area contributed by atoms with Crippen LogP contribution in [0, 0.1) is 12.8 Å². The maximum absolute atomic E-state index is 12.5. The van der Waals surface area contributed by atoms with Crippen LogP contribution in [0.2, 0.25) is 0 Å². The van der Waals surface area contributed by atoms with Crippen molar-refractivity contribution in [1.29, 1.82) is 0 Å². The number of likely N-dealkylation sites (N-methyl/N-ethyl adjacent to an activating group) is 1. The minimum absolute atomic E-state index is 0.0710. The Balaban J connectivity index is 1.60. The average Bonchev–Trinajstić information content (AvgIpc) is 3.21. The number of aryl methyl sites for hydroxylation is 1. The molecule has 1 atom stereocenters. The van der Waals surface area contributed by atoms with Gasteiger partial charge in [-0.3, -0.25) is 5.32 Å². The standard InChI is InChI=1S/C15H24N4O3/c1-11-10-22-17-14(11)16-15(20)19(7-12-3-4-12)9-13-8-18(2)5-6-21-13/h10,12-13H,3-9H2,1-2H3,(H,16,17,20). The van der Waals surface area contributed by atoms with Crippen molar-refractivity contribution >= 4 is 11.8 Å². The zero-order valence-corrected chi connectivity index (χ0v) is 13.2. The fourth-order valence-electron chi connectivity index (χ4n) is 2.66. The minimum atomic E-state index is -0.124. The van der Waals surface area contributed by atoms with E-state index in [0.29, 0.717) is 18.3 Å². The molecule has 1 N–H and O–H groups in total. The normalized spacial score (nSPS) is 22.5. The molecule has 3 rings (SSSR count). The number of urea groups is 1. The number of aromatic nitrogens is 1. The number of anilines is 1. The zero-order valence-electron chi connectivity index (χ0n) is 13.2. The van der Waals surface area contributed by atoms with Gasteiger partial charge in [0.05, 0.1) is 12.7 Å². The third-order valence-electron chi connectivity index (χ3n) is 4.20. The van der Waals surface area contributed by atoms with E-state index >= 15 is 0 Å². The van der Waals surface area contributed by atoms with Crippen LogP contribution >= 0.6 is 0 Å². The van der Waals surface area contributed by atoms with Crippen LogP contribution in [0.5, 0.6) is 0 Å². The Morgan fingerprint density at radius 1 is 1.50 bits per heavy atom. The molecule has 2 aliphatic rings. The SMILES string of the molecule is Cc1conc1NC(=O)N(CC1CC1)CC1CN(C)CCO1. The van der Waals surface area contributed by atoms with Gasteiger partial charge in [-0.1, -0.05) is 5.16 Å². The lowest BCUT2D eigenvalue weighted by molar-refractivity contribution is -0.0302. The maximum Gasteiger partial charge on any atom is 0.323 e. The van der Waals surface area contributed by atoms with Gasteiger partial charge in [-0.2, -0.15) is 0 Å². The van der Waals surface area contributed by atoms with Crippen LogP contribution in [0.3, 0.4) is 0 Å². The third-order valence-corrected chi connectivity index (χ3v) is 4.20. The predicted octanol–water partition coefficient (Wildman–Crippen LogP) is 1.56. The second kappa shape index (κ2) is 6.66. The van der Waals surface area contributed by atoms with Crippen molar-refractivity contribution in [3.63, 3.8) is 0 Å². The topological polar surface area (TPSA) is 70.8 Å². The first-order chi connectivity index (χ1) is 10.6. The van der Waals surface area contributed by atoms with E-state index in [1.54, 1.807) is 0 Å². The molecular weight excluding hydrogens is 284 g/mol. The molecule has 2 amide bonds. The smallest absolute Gasteiger partial charge is 0.323 e. The molecule has 1 aliphatic carbocycles. The molecule has 0 radical (unpaired) electrons. The number of rotatable bonds is 5. The first-order valence-electron chi connectivity index (χ1n) is 7.89. The summed E-state index contributed by atoms with van der Waals surface area (Å²) in [6.07, 6.45) is 4.01. The first-order valence-corrected chi connectivity index (χ1v) is 7.89. The molecule has 1 aliphatic heterocycles. The van der Waals surface area contributed by atoms with E-state index in [2.05, 4.69) is 22.4 Å². The van der Waals surface area contributed by atoms with Crippen molar-refractivity contribution < 1.29 is 14.1 Å². The molecule has 7 heteroatoms. The summed E-state index contributed by atoms with van der Waals surface area (Å²) < 4.78 is 10.7. The summed E-state index contributed by atoms with van der Waals surface area (Å²) in [6, 6.07) is -0.124. The van der Waals surface area contributed by atoms with Gasteiger partial charge in [0, 0.05) is 31.7 Å². The number of carbonyl (C=O) groups is 1. The van der Waals surface area contributed by atoms with Crippen LogP contribution in [0.15, 0.2) is 10.8 Å². The lowest BCUT2D eigenvalue weighted by Gasteiger charge is -2.34. The van der Waals surface area contributed by atoms with E-state index in [0.717, 1.165) is 31.8 Å². The highest BCUT2D eigenvalue weighted by atomic mass is 16.5. The van der Waals surface area contributed by atoms with E-state index in [4.69, 9.17) is 9.26 Å². The number of nitrogens with zero attached hydrogens (tertiary/aromatic N) is 3. The minimum Gasteiger partial charge on any atom is -0.374 e. The summed E-state index contributed by atoms with van der Waals surface area (Å²) in [5.74, 6) is 1.12. The van der Waals surface area contributed by atoms with E-state index in [1.807, 2.05) is 11.8 Å². The van der Waals surface area contributed by atoms with Crippen LogP contribution in [0.4, 0.5) is 10.6 Å². The Hall–Kier alpha value is -1.60. The van der Waals surface area contributed by atoms with Crippen LogP contribution in [-0.2, 0) is 4.74 Å². The lowest BCUT2D eigenvalue weighted by Crippen LogP contribution is -2.49. The van der Waals surface area contributed by atoms with Crippen molar-refractivity contribution in [1.82, 2.24) is 15.0 Å². The molecule has 0 aromatic carbocycles. The van der Waals surface area contributed by atoms with Gasteiger partial charge in [0.1, 0.15) is 6.26 Å². The number of nitrogens with one attached hydrogen (secondary N) is 1. The van der Waals surface area contributed by atoms with Crippen molar-refractivity contribution in [2.45, 2.75) is 25.9 Å². The highest BCUT2D eigenvalue weighted by Gasteiger charge is 2.30. The van der Waals surface area contributed by atoms with Gasteiger partial charge in [0.2, 0.25) is 0 Å². The molecule has 1 aromatic rings. The van der Waals surface area contributed by atoms with E-state index in [9.17, 15) is 4.79 Å². The second-order valence-corrected chi connectivity index (χ2v) is 6.38. The number of carbonyl (C=O) groups excluding carboxylic acids is 1. The Morgan fingerprint density at radius 2 is 2.32 bits per heavy atom.